The lowest BCUT2D eigenvalue weighted by Gasteiger charge is -2.27. The second-order valence-electron chi connectivity index (χ2n) is 8.37. The minimum Gasteiger partial charge on any atom is -0.497 e. The Morgan fingerprint density at radius 2 is 1.66 bits per heavy atom. The van der Waals surface area contributed by atoms with Crippen LogP contribution in [0.15, 0.2) is 72.8 Å². The zero-order valence-corrected chi connectivity index (χ0v) is 18.6. The quantitative estimate of drug-likeness (QED) is 0.306. The Kier molecular flexibility index (Phi) is 7.84. The molecule has 3 rings (SSSR count). The smallest absolute Gasteiger partial charge is 0.166 e. The van der Waals surface area contributed by atoms with Gasteiger partial charge in [0.15, 0.2) is 11.6 Å². The predicted molar refractivity (Wildman–Crippen MR) is 122 cm³/mol. The maximum absolute atomic E-state index is 14.9. The minimum absolute atomic E-state index is 0.0730. The van der Waals surface area contributed by atoms with Gasteiger partial charge in [-0.25, -0.2) is 13.2 Å². The summed E-state index contributed by atoms with van der Waals surface area (Å²) in [7, 11) is 1.39. The molecule has 1 aliphatic rings. The van der Waals surface area contributed by atoms with Gasteiger partial charge in [0, 0.05) is 17.2 Å². The molecule has 0 amide bonds. The average molecular weight is 443 g/mol. The van der Waals surface area contributed by atoms with E-state index >= 15 is 0 Å². The first-order chi connectivity index (χ1) is 15.3. The molecule has 0 unspecified atom stereocenters. The lowest BCUT2D eigenvalue weighted by atomic mass is 9.79. The first kappa shape index (κ1) is 23.7. The third-order valence-electron chi connectivity index (χ3n) is 6.03. The van der Waals surface area contributed by atoms with Crippen molar-refractivity contribution in [3.63, 3.8) is 0 Å². The van der Waals surface area contributed by atoms with Gasteiger partial charge in [0.25, 0.3) is 0 Å². The summed E-state index contributed by atoms with van der Waals surface area (Å²) in [5.41, 5.74) is 1.35. The van der Waals surface area contributed by atoms with Crippen molar-refractivity contribution in [1.29, 1.82) is 0 Å². The topological polar surface area (TPSA) is 18.5 Å². The molecule has 2 aromatic carbocycles. The molecule has 0 bridgehead atoms. The Labute approximate surface area is 188 Å². The van der Waals surface area contributed by atoms with Crippen molar-refractivity contribution in [1.82, 2.24) is 0 Å². The molecule has 0 aliphatic heterocycles. The first-order valence-electron chi connectivity index (χ1n) is 10.8. The normalized spacial score (nSPS) is 18.8. The summed E-state index contributed by atoms with van der Waals surface area (Å²) < 4.78 is 54.0. The SMILES string of the molecule is C=C(/C=C(/F)C(=C)COc1ccc(-c2ccc(C3CCC(C)CC3)c(F)c2F)cc1)OC. The zero-order chi connectivity index (χ0) is 23.3. The number of ether oxygens (including phenoxy) is 2. The lowest BCUT2D eigenvalue weighted by molar-refractivity contribution is 0.306. The summed E-state index contributed by atoms with van der Waals surface area (Å²) in [6, 6.07) is 9.92. The largest absolute Gasteiger partial charge is 0.497 e. The van der Waals surface area contributed by atoms with Crippen LogP contribution in [0, 0.1) is 17.6 Å². The van der Waals surface area contributed by atoms with Crippen LogP contribution in [0.25, 0.3) is 11.1 Å². The number of halogens is 3. The second-order valence-corrected chi connectivity index (χ2v) is 8.37. The van der Waals surface area contributed by atoms with E-state index in [1.807, 2.05) is 0 Å². The van der Waals surface area contributed by atoms with E-state index in [9.17, 15) is 13.2 Å². The average Bonchev–Trinajstić information content (AvgIpc) is 2.80. The molecule has 2 nitrogen and oxygen atoms in total. The molecule has 1 fully saturated rings. The molecule has 0 radical (unpaired) electrons. The number of allylic oxidation sites excluding steroid dienone is 1. The fraction of sp³-hybridized carbons (Fsp3) is 0.333. The molecule has 0 saturated heterocycles. The molecule has 0 aromatic heterocycles. The van der Waals surface area contributed by atoms with Crippen LogP contribution in [-0.2, 0) is 4.74 Å². The van der Waals surface area contributed by atoms with Gasteiger partial charge in [-0.2, -0.15) is 0 Å². The van der Waals surface area contributed by atoms with Gasteiger partial charge in [-0.15, -0.1) is 0 Å². The van der Waals surface area contributed by atoms with Crippen LogP contribution in [-0.4, -0.2) is 13.7 Å². The number of methoxy groups -OCH3 is 1. The first-order valence-corrected chi connectivity index (χ1v) is 10.8. The van der Waals surface area contributed by atoms with E-state index in [4.69, 9.17) is 9.47 Å². The van der Waals surface area contributed by atoms with E-state index in [0.29, 0.717) is 22.8 Å². The molecular formula is C27H29F3O2. The Balaban J connectivity index is 1.68. The monoisotopic (exact) mass is 442 g/mol. The van der Waals surface area contributed by atoms with Gasteiger partial charge in [-0.3, -0.25) is 0 Å². The molecule has 0 N–H and O–H groups in total. The van der Waals surface area contributed by atoms with Gasteiger partial charge in [0.05, 0.1) is 7.11 Å². The maximum Gasteiger partial charge on any atom is 0.166 e. The Bertz CT molecular complexity index is 1000. The molecule has 2 aromatic rings. The number of hydrogen-bond donors (Lipinski definition) is 0. The summed E-state index contributed by atoms with van der Waals surface area (Å²) in [6.45, 7) is 9.29. The highest BCUT2D eigenvalue weighted by atomic mass is 19.2. The van der Waals surface area contributed by atoms with Gasteiger partial charge in [-0.05, 0) is 47.9 Å². The van der Waals surface area contributed by atoms with Crippen LogP contribution >= 0.6 is 0 Å². The van der Waals surface area contributed by atoms with Crippen LogP contribution in [0.2, 0.25) is 0 Å². The minimum atomic E-state index is -0.825. The van der Waals surface area contributed by atoms with E-state index in [-0.39, 0.29) is 29.4 Å². The fourth-order valence-corrected chi connectivity index (χ4v) is 3.95. The zero-order valence-electron chi connectivity index (χ0n) is 18.6. The van der Waals surface area contributed by atoms with Gasteiger partial charge in [-0.1, -0.05) is 57.2 Å². The summed E-state index contributed by atoms with van der Waals surface area (Å²) >= 11 is 0. The van der Waals surface area contributed by atoms with Crippen molar-refractivity contribution in [2.24, 2.45) is 5.92 Å². The maximum atomic E-state index is 14.9. The Morgan fingerprint density at radius 3 is 2.28 bits per heavy atom. The van der Waals surface area contributed by atoms with Crippen molar-refractivity contribution >= 4 is 0 Å². The highest BCUT2D eigenvalue weighted by Gasteiger charge is 2.25. The molecule has 1 saturated carbocycles. The molecule has 170 valence electrons. The van der Waals surface area contributed by atoms with E-state index < -0.39 is 17.5 Å². The van der Waals surface area contributed by atoms with Crippen LogP contribution < -0.4 is 4.74 Å². The molecule has 1 aliphatic carbocycles. The number of rotatable bonds is 8. The van der Waals surface area contributed by atoms with Crippen molar-refractivity contribution in [3.8, 4) is 16.9 Å². The summed E-state index contributed by atoms with van der Waals surface area (Å²) in [5, 5.41) is 0. The van der Waals surface area contributed by atoms with Crippen molar-refractivity contribution in [3.05, 3.63) is 90.0 Å². The molecular weight excluding hydrogens is 413 g/mol. The highest BCUT2D eigenvalue weighted by molar-refractivity contribution is 5.65. The predicted octanol–water partition coefficient (Wildman–Crippen LogP) is 7.87. The third-order valence-corrected chi connectivity index (χ3v) is 6.03. The van der Waals surface area contributed by atoms with Gasteiger partial charge < -0.3 is 9.47 Å². The van der Waals surface area contributed by atoms with Gasteiger partial charge >= 0.3 is 0 Å². The van der Waals surface area contributed by atoms with E-state index in [1.165, 1.54) is 7.11 Å². The summed E-state index contributed by atoms with van der Waals surface area (Å²) in [5.74, 6) is -0.804. The van der Waals surface area contributed by atoms with E-state index in [2.05, 4.69) is 20.1 Å². The number of benzene rings is 2. The van der Waals surface area contributed by atoms with Crippen molar-refractivity contribution in [2.75, 3.05) is 13.7 Å². The van der Waals surface area contributed by atoms with Crippen LogP contribution in [0.5, 0.6) is 5.75 Å². The van der Waals surface area contributed by atoms with E-state index in [0.717, 1.165) is 31.8 Å². The van der Waals surface area contributed by atoms with Crippen LogP contribution in [0.3, 0.4) is 0 Å². The molecule has 32 heavy (non-hydrogen) atoms. The van der Waals surface area contributed by atoms with Gasteiger partial charge in [0.2, 0.25) is 0 Å². The van der Waals surface area contributed by atoms with Crippen molar-refractivity contribution in [2.45, 2.75) is 38.5 Å². The second kappa shape index (κ2) is 10.6. The highest BCUT2D eigenvalue weighted by Crippen LogP contribution is 2.38. The number of hydrogen-bond acceptors (Lipinski definition) is 2. The fourth-order valence-electron chi connectivity index (χ4n) is 3.95. The van der Waals surface area contributed by atoms with Crippen molar-refractivity contribution < 1.29 is 22.6 Å². The molecule has 0 spiro atoms. The van der Waals surface area contributed by atoms with E-state index in [1.54, 1.807) is 36.4 Å². The lowest BCUT2D eigenvalue weighted by Crippen LogP contribution is -2.13. The molecule has 5 heteroatoms. The molecule has 0 heterocycles. The summed E-state index contributed by atoms with van der Waals surface area (Å²) in [4.78, 5) is 0. The Hall–Kier alpha value is -2.95. The standard InChI is InChI=1S/C27H29F3O2/c1-17-5-7-20(8-6-17)23-13-14-24(27(30)26(23)29)21-9-11-22(12-10-21)32-16-18(2)25(28)15-19(3)31-4/h9-15,17,20H,2-3,5-8,16H2,1,4H3/b25-15+. The summed E-state index contributed by atoms with van der Waals surface area (Å²) in [6.07, 6.45) is 5.00. The van der Waals surface area contributed by atoms with Crippen LogP contribution in [0.1, 0.15) is 44.1 Å². The van der Waals surface area contributed by atoms with Crippen LogP contribution in [0.4, 0.5) is 13.2 Å². The molecule has 0 atom stereocenters. The third kappa shape index (κ3) is 5.64. The Morgan fingerprint density at radius 1 is 1.00 bits per heavy atom. The van der Waals surface area contributed by atoms with Gasteiger partial charge in [0.1, 0.15) is 23.9 Å².